The van der Waals surface area contributed by atoms with Gasteiger partial charge in [0.15, 0.2) is 0 Å². The van der Waals surface area contributed by atoms with Crippen LogP contribution in [0.3, 0.4) is 0 Å². The molecule has 0 spiro atoms. The molecule has 0 saturated heterocycles. The zero-order valence-corrected chi connectivity index (χ0v) is 11.2. The van der Waals surface area contributed by atoms with Crippen molar-refractivity contribution in [2.45, 2.75) is 31.0 Å². The molecule has 6 heteroatoms. The third-order valence-corrected chi connectivity index (χ3v) is 5.27. The first kappa shape index (κ1) is 13.6. The molecule has 1 atom stereocenters. The fourth-order valence-corrected chi connectivity index (χ4v) is 3.87. The third kappa shape index (κ3) is 3.28. The van der Waals surface area contributed by atoms with E-state index in [4.69, 9.17) is 5.11 Å². The summed E-state index contributed by atoms with van der Waals surface area (Å²) in [6.07, 6.45) is 0. The Hall–Kier alpha value is -0.430. The first-order valence-corrected chi connectivity index (χ1v) is 7.36. The maximum absolute atomic E-state index is 11.9. The zero-order valence-electron chi connectivity index (χ0n) is 9.60. The molecule has 4 nitrogen and oxygen atoms in total. The molecule has 0 aliphatic rings. The number of aliphatic hydroxyl groups is 1. The van der Waals surface area contributed by atoms with Gasteiger partial charge in [0.1, 0.15) is 4.21 Å². The lowest BCUT2D eigenvalue weighted by Gasteiger charge is -2.19. The first-order chi connectivity index (χ1) is 7.36. The normalized spacial score (nSPS) is 14.3. The predicted octanol–water partition coefficient (Wildman–Crippen LogP) is 1.35. The Morgan fingerprint density at radius 3 is 2.44 bits per heavy atom. The molecule has 0 bridgehead atoms. The highest BCUT2D eigenvalue weighted by Gasteiger charge is 2.22. The van der Waals surface area contributed by atoms with Crippen LogP contribution in [0.4, 0.5) is 0 Å². The predicted molar refractivity (Wildman–Crippen MR) is 65.1 cm³/mol. The van der Waals surface area contributed by atoms with Crippen molar-refractivity contribution in [3.8, 4) is 0 Å². The molecular weight excluding hydrogens is 246 g/mol. The van der Waals surface area contributed by atoms with E-state index in [0.717, 1.165) is 4.88 Å². The van der Waals surface area contributed by atoms with E-state index in [9.17, 15) is 8.42 Å². The van der Waals surface area contributed by atoms with E-state index in [0.29, 0.717) is 4.21 Å². The van der Waals surface area contributed by atoms with Crippen LogP contribution in [0.2, 0.25) is 0 Å². The van der Waals surface area contributed by atoms with E-state index in [1.54, 1.807) is 12.1 Å². The molecule has 2 N–H and O–H groups in total. The van der Waals surface area contributed by atoms with Crippen LogP contribution in [0.25, 0.3) is 0 Å². The second-order valence-corrected chi connectivity index (χ2v) is 7.25. The highest BCUT2D eigenvalue weighted by Crippen LogP contribution is 2.21. The van der Waals surface area contributed by atoms with Crippen LogP contribution in [-0.4, -0.2) is 26.2 Å². The number of aryl methyl sites for hydroxylation is 1. The Morgan fingerprint density at radius 2 is 2.06 bits per heavy atom. The fourth-order valence-electron chi connectivity index (χ4n) is 1.20. The van der Waals surface area contributed by atoms with Gasteiger partial charge in [0.05, 0.1) is 6.61 Å². The lowest BCUT2D eigenvalue weighted by molar-refractivity contribution is 0.228. The minimum Gasteiger partial charge on any atom is -0.395 e. The average Bonchev–Trinajstić information content (AvgIpc) is 2.61. The van der Waals surface area contributed by atoms with E-state index < -0.39 is 16.1 Å². The molecule has 0 amide bonds. The molecule has 0 aromatic carbocycles. The van der Waals surface area contributed by atoms with Crippen molar-refractivity contribution in [3.05, 3.63) is 17.0 Å². The van der Waals surface area contributed by atoms with Gasteiger partial charge in [0, 0.05) is 10.9 Å². The van der Waals surface area contributed by atoms with E-state index in [2.05, 4.69) is 4.72 Å². The van der Waals surface area contributed by atoms with Gasteiger partial charge in [-0.15, -0.1) is 11.3 Å². The summed E-state index contributed by atoms with van der Waals surface area (Å²) in [5.74, 6) is 0.0563. The topological polar surface area (TPSA) is 66.4 Å². The number of thiophene rings is 1. The number of rotatable bonds is 5. The Labute approximate surface area is 100 Å². The van der Waals surface area contributed by atoms with Gasteiger partial charge in [-0.05, 0) is 25.0 Å². The molecular formula is C10H17NO3S2. The highest BCUT2D eigenvalue weighted by molar-refractivity contribution is 7.91. The van der Waals surface area contributed by atoms with E-state index in [1.165, 1.54) is 11.3 Å². The molecule has 0 fully saturated rings. The quantitative estimate of drug-likeness (QED) is 0.842. The zero-order chi connectivity index (χ0) is 12.3. The van der Waals surface area contributed by atoms with Crippen LogP contribution in [0, 0.1) is 12.8 Å². The highest BCUT2D eigenvalue weighted by atomic mass is 32.2. The van der Waals surface area contributed by atoms with Crippen molar-refractivity contribution < 1.29 is 13.5 Å². The molecule has 0 unspecified atom stereocenters. The summed E-state index contributed by atoms with van der Waals surface area (Å²) in [4.78, 5) is 0.950. The summed E-state index contributed by atoms with van der Waals surface area (Å²) >= 11 is 1.23. The second-order valence-electron chi connectivity index (χ2n) is 4.02. The molecule has 1 aromatic rings. The molecule has 0 radical (unpaired) electrons. The van der Waals surface area contributed by atoms with Crippen LogP contribution in [-0.2, 0) is 10.0 Å². The minimum absolute atomic E-state index is 0.0563. The van der Waals surface area contributed by atoms with E-state index in [-0.39, 0.29) is 12.5 Å². The first-order valence-electron chi connectivity index (χ1n) is 5.06. The molecule has 16 heavy (non-hydrogen) atoms. The maximum Gasteiger partial charge on any atom is 0.250 e. The van der Waals surface area contributed by atoms with Crippen LogP contribution in [0.15, 0.2) is 16.3 Å². The maximum atomic E-state index is 11.9. The van der Waals surface area contributed by atoms with Gasteiger partial charge in [-0.1, -0.05) is 13.8 Å². The number of aliphatic hydroxyl groups excluding tert-OH is 1. The summed E-state index contributed by atoms with van der Waals surface area (Å²) < 4.78 is 26.6. The molecule has 1 heterocycles. The van der Waals surface area contributed by atoms with Crippen LogP contribution >= 0.6 is 11.3 Å². The SMILES string of the molecule is Cc1ccc(S(=O)(=O)N[C@H](CO)C(C)C)s1. The third-order valence-electron chi connectivity index (χ3n) is 2.29. The van der Waals surface area contributed by atoms with E-state index in [1.807, 2.05) is 20.8 Å². The molecule has 0 saturated carbocycles. The van der Waals surface area contributed by atoms with Gasteiger partial charge in [-0.2, -0.15) is 0 Å². The monoisotopic (exact) mass is 263 g/mol. The Kier molecular flexibility index (Phi) is 4.49. The van der Waals surface area contributed by atoms with Gasteiger partial charge >= 0.3 is 0 Å². The van der Waals surface area contributed by atoms with Gasteiger partial charge in [0.2, 0.25) is 10.0 Å². The largest absolute Gasteiger partial charge is 0.395 e. The summed E-state index contributed by atoms with van der Waals surface area (Å²) in [6.45, 7) is 5.39. The fraction of sp³-hybridized carbons (Fsp3) is 0.600. The van der Waals surface area contributed by atoms with Gasteiger partial charge in [0.25, 0.3) is 0 Å². The standard InChI is InChI=1S/C10H17NO3S2/c1-7(2)9(6-12)11-16(13,14)10-5-4-8(3)15-10/h4-5,7,9,11-12H,6H2,1-3H3/t9-/m1/s1. The van der Waals surface area contributed by atoms with Crippen molar-refractivity contribution in [1.29, 1.82) is 0 Å². The lowest BCUT2D eigenvalue weighted by Crippen LogP contribution is -2.40. The molecule has 1 rings (SSSR count). The van der Waals surface area contributed by atoms with Crippen molar-refractivity contribution >= 4 is 21.4 Å². The minimum atomic E-state index is -3.49. The summed E-state index contributed by atoms with van der Waals surface area (Å²) in [6, 6.07) is 2.91. The average molecular weight is 263 g/mol. The molecule has 0 aliphatic heterocycles. The number of hydrogen-bond acceptors (Lipinski definition) is 4. The Morgan fingerprint density at radius 1 is 1.44 bits per heavy atom. The molecule has 1 aromatic heterocycles. The van der Waals surface area contributed by atoms with Crippen LogP contribution in [0.5, 0.6) is 0 Å². The smallest absolute Gasteiger partial charge is 0.250 e. The van der Waals surface area contributed by atoms with Crippen LogP contribution in [0.1, 0.15) is 18.7 Å². The van der Waals surface area contributed by atoms with Crippen molar-refractivity contribution in [2.24, 2.45) is 5.92 Å². The van der Waals surface area contributed by atoms with Crippen molar-refractivity contribution in [3.63, 3.8) is 0 Å². The summed E-state index contributed by atoms with van der Waals surface area (Å²) in [7, 11) is -3.49. The number of sulfonamides is 1. The van der Waals surface area contributed by atoms with Gasteiger partial charge in [-0.25, -0.2) is 13.1 Å². The Balaban J connectivity index is 2.87. The Bertz CT molecular complexity index is 437. The van der Waals surface area contributed by atoms with Gasteiger partial charge < -0.3 is 5.11 Å². The summed E-state index contributed by atoms with van der Waals surface area (Å²) in [5, 5.41) is 9.09. The molecule has 92 valence electrons. The van der Waals surface area contributed by atoms with Crippen molar-refractivity contribution in [1.82, 2.24) is 4.72 Å². The number of nitrogens with one attached hydrogen (secondary N) is 1. The summed E-state index contributed by atoms with van der Waals surface area (Å²) in [5.41, 5.74) is 0. The van der Waals surface area contributed by atoms with Crippen molar-refractivity contribution in [2.75, 3.05) is 6.61 Å². The van der Waals surface area contributed by atoms with E-state index >= 15 is 0 Å². The molecule has 0 aliphatic carbocycles. The van der Waals surface area contributed by atoms with Gasteiger partial charge in [-0.3, -0.25) is 0 Å². The lowest BCUT2D eigenvalue weighted by atomic mass is 10.1. The second kappa shape index (κ2) is 5.27. The van der Waals surface area contributed by atoms with Crippen LogP contribution < -0.4 is 4.72 Å². The number of hydrogen-bond donors (Lipinski definition) is 2.